The summed E-state index contributed by atoms with van der Waals surface area (Å²) >= 11 is 0. The minimum atomic E-state index is -0.549. The maximum atomic E-state index is 13.4. The van der Waals surface area contributed by atoms with Crippen LogP contribution >= 0.6 is 0 Å². The molecule has 3 amide bonds. The Morgan fingerprint density at radius 1 is 1.14 bits per heavy atom. The zero-order chi connectivity index (χ0) is 26.2. The van der Waals surface area contributed by atoms with Crippen LogP contribution in [0, 0.1) is 11.7 Å². The van der Waals surface area contributed by atoms with Crippen molar-refractivity contribution in [2.75, 3.05) is 51.0 Å². The Bertz CT molecular complexity index is 1050. The number of urea groups is 1. The zero-order valence-electron chi connectivity index (χ0n) is 21.7. The van der Waals surface area contributed by atoms with E-state index >= 15 is 0 Å². The highest BCUT2D eigenvalue weighted by atomic mass is 19.1. The highest BCUT2D eigenvalue weighted by molar-refractivity contribution is 6.02. The first-order chi connectivity index (χ1) is 17.2. The first-order valence-electron chi connectivity index (χ1n) is 12.3. The van der Waals surface area contributed by atoms with Crippen LogP contribution in [0.25, 0.3) is 0 Å². The molecule has 1 heterocycles. The van der Waals surface area contributed by atoms with Gasteiger partial charge >= 0.3 is 6.03 Å². The Morgan fingerprint density at radius 2 is 1.86 bits per heavy atom. The van der Waals surface area contributed by atoms with Gasteiger partial charge in [0.05, 0.1) is 11.7 Å². The number of fused-ring (bicyclic) bond motifs is 1. The zero-order valence-corrected chi connectivity index (χ0v) is 21.7. The number of benzene rings is 2. The predicted octanol–water partition coefficient (Wildman–Crippen LogP) is 4.69. The van der Waals surface area contributed by atoms with Crippen molar-refractivity contribution in [1.29, 1.82) is 0 Å². The van der Waals surface area contributed by atoms with Crippen LogP contribution in [0.15, 0.2) is 42.5 Å². The van der Waals surface area contributed by atoms with Gasteiger partial charge in [-0.15, -0.1) is 0 Å². The number of halogens is 1. The third-order valence-corrected chi connectivity index (χ3v) is 6.42. The van der Waals surface area contributed by atoms with Crippen LogP contribution in [0.1, 0.15) is 37.6 Å². The van der Waals surface area contributed by atoms with Gasteiger partial charge in [0.25, 0.3) is 5.91 Å². The highest BCUT2D eigenvalue weighted by Crippen LogP contribution is 2.26. The summed E-state index contributed by atoms with van der Waals surface area (Å²) in [5.74, 6) is -0.0210. The van der Waals surface area contributed by atoms with Crippen molar-refractivity contribution in [2.45, 2.75) is 39.3 Å². The summed E-state index contributed by atoms with van der Waals surface area (Å²) in [5.41, 5.74) is 1.08. The lowest BCUT2D eigenvalue weighted by Gasteiger charge is -2.35. The van der Waals surface area contributed by atoms with Gasteiger partial charge in [-0.1, -0.05) is 19.9 Å². The fraction of sp³-hybridized carbons (Fsp3) is 0.481. The third-order valence-electron chi connectivity index (χ3n) is 6.42. The van der Waals surface area contributed by atoms with Crippen LogP contribution in [0.2, 0.25) is 0 Å². The lowest BCUT2D eigenvalue weighted by atomic mass is 10.0. The molecule has 3 rings (SSSR count). The van der Waals surface area contributed by atoms with Crippen LogP contribution in [-0.4, -0.2) is 74.3 Å². The minimum Gasteiger partial charge on any atom is -0.491 e. The van der Waals surface area contributed by atoms with Crippen molar-refractivity contribution in [3.05, 3.63) is 53.8 Å². The molecule has 0 spiro atoms. The molecule has 2 aromatic carbocycles. The second-order valence-electron chi connectivity index (χ2n) is 9.39. The molecule has 36 heavy (non-hydrogen) atoms. The molecule has 0 unspecified atom stereocenters. The van der Waals surface area contributed by atoms with Crippen molar-refractivity contribution in [1.82, 2.24) is 9.80 Å². The summed E-state index contributed by atoms with van der Waals surface area (Å²) in [5, 5.41) is 5.30. The largest absolute Gasteiger partial charge is 0.491 e. The molecular weight excluding hydrogens is 463 g/mol. The van der Waals surface area contributed by atoms with Crippen LogP contribution < -0.4 is 15.4 Å². The van der Waals surface area contributed by atoms with Gasteiger partial charge in [0.1, 0.15) is 18.2 Å². The number of nitrogens with zero attached hydrogens (tertiary/aromatic N) is 2. The fourth-order valence-electron chi connectivity index (χ4n) is 4.39. The molecule has 0 aromatic heterocycles. The summed E-state index contributed by atoms with van der Waals surface area (Å²) in [7, 11) is 3.41. The van der Waals surface area contributed by atoms with E-state index in [1.54, 1.807) is 43.3 Å². The molecule has 1 aliphatic rings. The standard InChI is InChI=1S/C27H37FN4O4/c1-6-12-32-15-18(2)25(35-5)16-31(4)26(33)23-14-22(10-11-24(23)36-17-19(32)3)30-27(34)29-21-9-7-8-20(28)13-21/h7-11,13-14,18-19,25H,6,12,15-17H2,1-5H3,(H2,29,30,34)/t18-,19+,25+/m1/s1. The van der Waals surface area contributed by atoms with Gasteiger partial charge in [-0.05, 0) is 62.2 Å². The van der Waals surface area contributed by atoms with Crippen molar-refractivity contribution in [2.24, 2.45) is 5.92 Å². The summed E-state index contributed by atoms with van der Waals surface area (Å²) in [6, 6.07) is 10.2. The quantitative estimate of drug-likeness (QED) is 0.623. The molecule has 3 atom stereocenters. The summed E-state index contributed by atoms with van der Waals surface area (Å²) in [4.78, 5) is 29.9. The van der Waals surface area contributed by atoms with Crippen molar-refractivity contribution < 1.29 is 23.5 Å². The number of ether oxygens (including phenoxy) is 2. The van der Waals surface area contributed by atoms with Crippen LogP contribution in [0.4, 0.5) is 20.6 Å². The number of methoxy groups -OCH3 is 1. The molecule has 0 radical (unpaired) electrons. The SMILES string of the molecule is CCCN1C[C@@H](C)[C@@H](OC)CN(C)C(=O)c2cc(NC(=O)Nc3cccc(F)c3)ccc2OC[C@@H]1C. The number of amides is 3. The normalized spacial score (nSPS) is 21.6. The molecule has 0 aliphatic carbocycles. The predicted molar refractivity (Wildman–Crippen MR) is 139 cm³/mol. The first-order valence-corrected chi connectivity index (χ1v) is 12.3. The second kappa shape index (κ2) is 12.7. The number of anilines is 2. The molecular formula is C27H37FN4O4. The number of carbonyl (C=O) groups is 2. The molecule has 2 N–H and O–H groups in total. The van der Waals surface area contributed by atoms with E-state index in [1.807, 2.05) is 0 Å². The number of nitrogens with one attached hydrogen (secondary N) is 2. The Hall–Kier alpha value is -3.17. The summed E-state index contributed by atoms with van der Waals surface area (Å²) in [6.45, 7) is 9.04. The summed E-state index contributed by atoms with van der Waals surface area (Å²) in [6.07, 6.45) is 0.892. The van der Waals surface area contributed by atoms with Crippen molar-refractivity contribution in [3.8, 4) is 5.75 Å². The molecule has 0 saturated heterocycles. The maximum Gasteiger partial charge on any atom is 0.323 e. The Labute approximate surface area is 212 Å². The van der Waals surface area contributed by atoms with Crippen LogP contribution in [0.5, 0.6) is 5.75 Å². The lowest BCUT2D eigenvalue weighted by molar-refractivity contribution is 0.0108. The molecule has 9 heteroatoms. The van der Waals surface area contributed by atoms with Crippen molar-refractivity contribution in [3.63, 3.8) is 0 Å². The molecule has 2 aromatic rings. The first kappa shape index (κ1) is 27.4. The minimum absolute atomic E-state index is 0.132. The van der Waals surface area contributed by atoms with E-state index in [-0.39, 0.29) is 24.0 Å². The Morgan fingerprint density at radius 3 is 2.53 bits per heavy atom. The highest BCUT2D eigenvalue weighted by Gasteiger charge is 2.28. The van der Waals surface area contributed by atoms with Gasteiger partial charge in [-0.2, -0.15) is 0 Å². The second-order valence-corrected chi connectivity index (χ2v) is 9.39. The molecule has 0 bridgehead atoms. The number of likely N-dealkylation sites (N-methyl/N-ethyl adjacent to an activating group) is 1. The monoisotopic (exact) mass is 500 g/mol. The van der Waals surface area contributed by atoms with E-state index in [4.69, 9.17) is 9.47 Å². The van der Waals surface area contributed by atoms with Gasteiger partial charge in [0, 0.05) is 44.7 Å². The van der Waals surface area contributed by atoms with E-state index < -0.39 is 11.8 Å². The van der Waals surface area contributed by atoms with Gasteiger partial charge < -0.3 is 25.0 Å². The molecule has 196 valence electrons. The number of carbonyl (C=O) groups excluding carboxylic acids is 2. The van der Waals surface area contributed by atoms with E-state index in [2.05, 4.69) is 36.3 Å². The van der Waals surface area contributed by atoms with Gasteiger partial charge in [-0.25, -0.2) is 9.18 Å². The van der Waals surface area contributed by atoms with Gasteiger partial charge in [-0.3, -0.25) is 9.69 Å². The maximum absolute atomic E-state index is 13.4. The molecule has 1 aliphatic heterocycles. The number of hydrogen-bond acceptors (Lipinski definition) is 5. The topological polar surface area (TPSA) is 83.1 Å². The molecule has 0 saturated carbocycles. The van der Waals surface area contributed by atoms with E-state index in [1.165, 1.54) is 18.2 Å². The van der Waals surface area contributed by atoms with Crippen LogP contribution in [-0.2, 0) is 4.74 Å². The average molecular weight is 501 g/mol. The molecule has 8 nitrogen and oxygen atoms in total. The third kappa shape index (κ3) is 7.18. The average Bonchev–Trinajstić information content (AvgIpc) is 2.84. The lowest BCUT2D eigenvalue weighted by Crippen LogP contribution is -2.46. The summed E-state index contributed by atoms with van der Waals surface area (Å²) < 4.78 is 25.3. The van der Waals surface area contributed by atoms with E-state index in [9.17, 15) is 14.0 Å². The molecule has 0 fully saturated rings. The van der Waals surface area contributed by atoms with E-state index in [0.717, 1.165) is 19.5 Å². The Kier molecular flexibility index (Phi) is 9.66. The smallest absolute Gasteiger partial charge is 0.323 e. The van der Waals surface area contributed by atoms with Gasteiger partial charge in [0.2, 0.25) is 0 Å². The van der Waals surface area contributed by atoms with E-state index in [0.29, 0.717) is 35.8 Å². The van der Waals surface area contributed by atoms with Gasteiger partial charge in [0.15, 0.2) is 0 Å². The van der Waals surface area contributed by atoms with Crippen LogP contribution in [0.3, 0.4) is 0 Å². The number of hydrogen-bond donors (Lipinski definition) is 2. The number of rotatable bonds is 5. The fourth-order valence-corrected chi connectivity index (χ4v) is 4.39. The van der Waals surface area contributed by atoms with Crippen molar-refractivity contribution >= 4 is 23.3 Å². The Balaban J connectivity index is 1.86.